The molecule has 0 amide bonds. The predicted octanol–water partition coefficient (Wildman–Crippen LogP) is 5.73. The number of hydrogen-bond acceptors (Lipinski definition) is 9. The Hall–Kier alpha value is -3.43. The summed E-state index contributed by atoms with van der Waals surface area (Å²) in [5, 5.41) is 2.77. The SMILES string of the molecule is C[C@H]1CNCC1Oc1nc(OC[C@@]23CCCN2C[C@H](F)C3)nc2c(F)c(-c3ccc(F)c4sc(N)nc34)c(C(F)(F)F)cc12. The third-order valence-corrected chi connectivity index (χ3v) is 9.80. The first-order valence-corrected chi connectivity index (χ1v) is 15.1. The molecular formula is C29H28F6N6O2S. The smallest absolute Gasteiger partial charge is 0.417 e. The summed E-state index contributed by atoms with van der Waals surface area (Å²) in [6.45, 7) is 3.95. The molecule has 2 aromatic heterocycles. The van der Waals surface area contributed by atoms with Gasteiger partial charge in [0.25, 0.3) is 0 Å². The topological polar surface area (TPSA) is 98.4 Å². The van der Waals surface area contributed by atoms with Crippen LogP contribution in [0.5, 0.6) is 11.9 Å². The number of thiazole rings is 1. The minimum absolute atomic E-state index is 0.0101. The highest BCUT2D eigenvalue weighted by atomic mass is 32.1. The Morgan fingerprint density at radius 1 is 1.16 bits per heavy atom. The third-order valence-electron chi connectivity index (χ3n) is 8.90. The van der Waals surface area contributed by atoms with Crippen LogP contribution in [0.4, 0.5) is 31.5 Å². The average Bonchev–Trinajstić information content (AvgIpc) is 3.72. The second kappa shape index (κ2) is 10.6. The summed E-state index contributed by atoms with van der Waals surface area (Å²) < 4.78 is 101. The van der Waals surface area contributed by atoms with Gasteiger partial charge in [-0.15, -0.1) is 0 Å². The van der Waals surface area contributed by atoms with E-state index < -0.39 is 52.3 Å². The molecule has 3 aliphatic heterocycles. The lowest BCUT2D eigenvalue weighted by molar-refractivity contribution is -0.137. The molecule has 4 aromatic rings. The Morgan fingerprint density at radius 3 is 2.73 bits per heavy atom. The Kier molecular flexibility index (Phi) is 7.05. The lowest BCUT2D eigenvalue weighted by Gasteiger charge is -2.30. The van der Waals surface area contributed by atoms with E-state index in [2.05, 4.69) is 20.3 Å². The van der Waals surface area contributed by atoms with Crippen molar-refractivity contribution in [3.63, 3.8) is 0 Å². The second-order valence-electron chi connectivity index (χ2n) is 11.8. The number of nitrogen functional groups attached to an aromatic ring is 1. The molecule has 1 unspecified atom stereocenters. The number of nitrogens with two attached hydrogens (primary N) is 1. The van der Waals surface area contributed by atoms with Crippen LogP contribution in [0.1, 0.15) is 31.7 Å². The molecule has 15 heteroatoms. The molecule has 234 valence electrons. The van der Waals surface area contributed by atoms with Crippen LogP contribution in [0.15, 0.2) is 18.2 Å². The van der Waals surface area contributed by atoms with Crippen molar-refractivity contribution < 1.29 is 35.8 Å². The number of anilines is 1. The molecule has 0 saturated carbocycles. The fourth-order valence-electron chi connectivity index (χ4n) is 6.75. The number of ether oxygens (including phenoxy) is 2. The van der Waals surface area contributed by atoms with Gasteiger partial charge >= 0.3 is 12.2 Å². The molecule has 2 aromatic carbocycles. The maximum absolute atomic E-state index is 16.6. The molecular weight excluding hydrogens is 610 g/mol. The van der Waals surface area contributed by atoms with Gasteiger partial charge in [-0.3, -0.25) is 4.90 Å². The zero-order valence-corrected chi connectivity index (χ0v) is 24.3. The number of nitrogens with one attached hydrogen (secondary N) is 1. The predicted molar refractivity (Wildman–Crippen MR) is 152 cm³/mol. The van der Waals surface area contributed by atoms with Crippen molar-refractivity contribution in [2.45, 2.75) is 50.2 Å². The molecule has 3 aliphatic rings. The minimum atomic E-state index is -5.03. The van der Waals surface area contributed by atoms with Gasteiger partial charge in [0.2, 0.25) is 5.88 Å². The van der Waals surface area contributed by atoms with Crippen LogP contribution < -0.4 is 20.5 Å². The van der Waals surface area contributed by atoms with Crippen LogP contribution in [-0.4, -0.2) is 70.5 Å². The number of fused-ring (bicyclic) bond motifs is 3. The first kappa shape index (κ1) is 29.3. The van der Waals surface area contributed by atoms with Gasteiger partial charge in [-0.05, 0) is 37.6 Å². The number of halogens is 6. The molecule has 5 heterocycles. The molecule has 8 nitrogen and oxygen atoms in total. The van der Waals surface area contributed by atoms with Gasteiger partial charge in [0.1, 0.15) is 30.2 Å². The van der Waals surface area contributed by atoms with E-state index in [1.807, 2.05) is 11.8 Å². The molecule has 4 atom stereocenters. The van der Waals surface area contributed by atoms with Crippen molar-refractivity contribution in [1.82, 2.24) is 25.2 Å². The molecule has 0 aliphatic carbocycles. The van der Waals surface area contributed by atoms with Gasteiger partial charge in [-0.2, -0.15) is 23.1 Å². The van der Waals surface area contributed by atoms with Crippen LogP contribution in [0.2, 0.25) is 0 Å². The van der Waals surface area contributed by atoms with Crippen LogP contribution in [0.3, 0.4) is 0 Å². The van der Waals surface area contributed by atoms with Crippen LogP contribution in [0.25, 0.3) is 32.2 Å². The summed E-state index contributed by atoms with van der Waals surface area (Å²) >= 11 is 0.745. The lowest BCUT2D eigenvalue weighted by atomic mass is 9.95. The monoisotopic (exact) mass is 638 g/mol. The number of alkyl halides is 4. The van der Waals surface area contributed by atoms with Crippen molar-refractivity contribution in [3.05, 3.63) is 35.4 Å². The molecule has 3 N–H and O–H groups in total. The van der Waals surface area contributed by atoms with Crippen LogP contribution in [0, 0.1) is 17.6 Å². The highest BCUT2D eigenvalue weighted by Crippen LogP contribution is 2.46. The fraction of sp³-hybridized carbons (Fsp3) is 0.483. The van der Waals surface area contributed by atoms with Crippen molar-refractivity contribution >= 4 is 37.6 Å². The normalized spacial score (nSPS) is 25.8. The zero-order valence-electron chi connectivity index (χ0n) is 23.5. The first-order valence-electron chi connectivity index (χ1n) is 14.3. The van der Waals surface area contributed by atoms with E-state index in [4.69, 9.17) is 15.2 Å². The quantitative estimate of drug-likeness (QED) is 0.259. The number of hydrogen-bond donors (Lipinski definition) is 2. The summed E-state index contributed by atoms with van der Waals surface area (Å²) in [5.41, 5.74) is 2.03. The van der Waals surface area contributed by atoms with Crippen molar-refractivity contribution in [3.8, 4) is 23.0 Å². The van der Waals surface area contributed by atoms with Gasteiger partial charge in [-0.1, -0.05) is 18.3 Å². The number of nitrogens with zero attached hydrogens (tertiary/aromatic N) is 4. The summed E-state index contributed by atoms with van der Waals surface area (Å²) in [7, 11) is 0. The summed E-state index contributed by atoms with van der Waals surface area (Å²) in [6.07, 6.45) is -4.68. The maximum Gasteiger partial charge on any atom is 0.417 e. The van der Waals surface area contributed by atoms with Crippen molar-refractivity contribution in [2.75, 3.05) is 38.5 Å². The Balaban J connectivity index is 1.41. The Morgan fingerprint density at radius 2 is 1.98 bits per heavy atom. The molecule has 44 heavy (non-hydrogen) atoms. The van der Waals surface area contributed by atoms with Gasteiger partial charge in [0.15, 0.2) is 10.9 Å². The second-order valence-corrected chi connectivity index (χ2v) is 12.8. The van der Waals surface area contributed by atoms with Crippen molar-refractivity contribution in [1.29, 1.82) is 0 Å². The third kappa shape index (κ3) is 4.88. The van der Waals surface area contributed by atoms with Crippen molar-refractivity contribution in [2.24, 2.45) is 5.92 Å². The van der Waals surface area contributed by atoms with E-state index in [1.54, 1.807) is 0 Å². The standard InChI is InChI=1S/C29H28F6N6O2S/c1-13-9-37-10-19(13)43-25-16-7-17(29(33,34)35)20(15-3-4-18(31)24-23(15)38-26(36)44-24)21(32)22(16)39-27(40-25)42-12-28-5-2-6-41(28)11-14(30)8-28/h3-4,7,13-14,19,37H,2,5-6,8-12H2,1H3,(H2,36,38)/t13-,14+,19?,28-/m0/s1. The van der Waals surface area contributed by atoms with Gasteiger partial charge in [0.05, 0.1) is 26.7 Å². The zero-order chi connectivity index (χ0) is 31.0. The van der Waals surface area contributed by atoms with Crippen LogP contribution in [-0.2, 0) is 6.18 Å². The average molecular weight is 639 g/mol. The van der Waals surface area contributed by atoms with E-state index >= 15 is 4.39 Å². The summed E-state index contributed by atoms with van der Waals surface area (Å²) in [5.74, 6) is -2.35. The van der Waals surface area contributed by atoms with Gasteiger partial charge in [-0.25, -0.2) is 18.2 Å². The Labute approximate surface area is 251 Å². The highest BCUT2D eigenvalue weighted by Gasteiger charge is 2.49. The van der Waals surface area contributed by atoms with Gasteiger partial charge in [0, 0.05) is 43.1 Å². The molecule has 0 bridgehead atoms. The van der Waals surface area contributed by atoms with E-state index in [-0.39, 0.29) is 63.7 Å². The summed E-state index contributed by atoms with van der Waals surface area (Å²) in [6, 6.07) is 2.43. The maximum atomic E-state index is 16.6. The lowest BCUT2D eigenvalue weighted by Crippen LogP contribution is -2.43. The Bertz CT molecular complexity index is 1770. The molecule has 0 radical (unpaired) electrons. The number of aromatic nitrogens is 3. The molecule has 3 fully saturated rings. The fourth-order valence-corrected chi connectivity index (χ4v) is 7.51. The van der Waals surface area contributed by atoms with E-state index in [0.29, 0.717) is 19.5 Å². The van der Waals surface area contributed by atoms with E-state index in [9.17, 15) is 22.0 Å². The number of benzene rings is 2. The highest BCUT2D eigenvalue weighted by molar-refractivity contribution is 7.22. The number of rotatable bonds is 6. The summed E-state index contributed by atoms with van der Waals surface area (Å²) in [4.78, 5) is 14.6. The van der Waals surface area contributed by atoms with Crippen LogP contribution >= 0.6 is 11.3 Å². The molecule has 7 rings (SSSR count). The molecule has 0 spiro atoms. The largest absolute Gasteiger partial charge is 0.472 e. The van der Waals surface area contributed by atoms with E-state index in [0.717, 1.165) is 42.5 Å². The molecule has 3 saturated heterocycles. The van der Waals surface area contributed by atoms with Gasteiger partial charge < -0.3 is 20.5 Å². The first-order chi connectivity index (χ1) is 20.9. The minimum Gasteiger partial charge on any atom is -0.472 e. The van der Waals surface area contributed by atoms with E-state index in [1.165, 1.54) is 0 Å².